The molecule has 0 unspecified atom stereocenters. The van der Waals surface area contributed by atoms with Crippen LogP contribution in [0.3, 0.4) is 0 Å². The number of carbonyl (C=O) groups excluding carboxylic acids is 1. The minimum Gasteiger partial charge on any atom is -0.379 e. The third-order valence-electron chi connectivity index (χ3n) is 5.46. The quantitative estimate of drug-likeness (QED) is 0.643. The van der Waals surface area contributed by atoms with Gasteiger partial charge in [0.15, 0.2) is 0 Å². The summed E-state index contributed by atoms with van der Waals surface area (Å²) in [5, 5.41) is 2.00. The van der Waals surface area contributed by atoms with Gasteiger partial charge in [-0.05, 0) is 36.1 Å². The third kappa shape index (κ3) is 3.71. The Labute approximate surface area is 176 Å². The van der Waals surface area contributed by atoms with Gasteiger partial charge >= 0.3 is 0 Å². The fourth-order valence-corrected chi connectivity index (χ4v) is 5.40. The molecule has 30 heavy (non-hydrogen) atoms. The van der Waals surface area contributed by atoms with Crippen LogP contribution in [0.5, 0.6) is 0 Å². The predicted molar refractivity (Wildman–Crippen MR) is 117 cm³/mol. The lowest BCUT2D eigenvalue weighted by molar-refractivity contribution is 0.0730. The Morgan fingerprint density at radius 2 is 1.70 bits per heavy atom. The summed E-state index contributed by atoms with van der Waals surface area (Å²) < 4.78 is 33.0. The molecule has 6 nitrogen and oxygen atoms in total. The minimum atomic E-state index is -3.69. The van der Waals surface area contributed by atoms with Crippen LogP contribution in [0.15, 0.2) is 65.6 Å². The zero-order valence-electron chi connectivity index (χ0n) is 17.0. The first-order chi connectivity index (χ1) is 14.4. The Kier molecular flexibility index (Phi) is 5.60. The molecule has 0 radical (unpaired) electrons. The molecule has 1 aliphatic heterocycles. The van der Waals surface area contributed by atoms with Crippen molar-refractivity contribution in [3.8, 4) is 0 Å². The van der Waals surface area contributed by atoms with Crippen LogP contribution in [0.1, 0.15) is 15.9 Å². The molecule has 0 atom stereocenters. The van der Waals surface area contributed by atoms with Crippen LogP contribution < -0.4 is 4.90 Å². The van der Waals surface area contributed by atoms with Crippen molar-refractivity contribution < 1.29 is 17.9 Å². The van der Waals surface area contributed by atoms with E-state index in [1.165, 1.54) is 10.4 Å². The highest BCUT2D eigenvalue weighted by Crippen LogP contribution is 2.28. The Bertz CT molecular complexity index is 1200. The number of amides is 1. The van der Waals surface area contributed by atoms with Crippen molar-refractivity contribution in [3.05, 3.63) is 71.8 Å². The summed E-state index contributed by atoms with van der Waals surface area (Å²) in [4.78, 5) is 15.0. The molecule has 0 aromatic heterocycles. The number of nitrogens with zero attached hydrogens (tertiary/aromatic N) is 2. The molecule has 0 spiro atoms. The number of anilines is 1. The molecule has 156 valence electrons. The molecular weight excluding hydrogens is 400 g/mol. The summed E-state index contributed by atoms with van der Waals surface area (Å²) in [5.74, 6) is -0.259. The van der Waals surface area contributed by atoms with E-state index in [0.717, 1.165) is 16.5 Å². The van der Waals surface area contributed by atoms with Gasteiger partial charge in [0.2, 0.25) is 10.0 Å². The van der Waals surface area contributed by atoms with Gasteiger partial charge in [-0.1, -0.05) is 42.5 Å². The second-order valence-electron chi connectivity index (χ2n) is 7.36. The normalized spacial score (nSPS) is 15.3. The van der Waals surface area contributed by atoms with Crippen molar-refractivity contribution in [2.24, 2.45) is 0 Å². The van der Waals surface area contributed by atoms with Crippen LogP contribution in [-0.4, -0.2) is 52.0 Å². The Hall–Kier alpha value is -2.74. The van der Waals surface area contributed by atoms with E-state index in [2.05, 4.69) is 0 Å². The van der Waals surface area contributed by atoms with Crippen LogP contribution >= 0.6 is 0 Å². The third-order valence-corrected chi connectivity index (χ3v) is 7.50. The van der Waals surface area contributed by atoms with E-state index in [4.69, 9.17) is 4.74 Å². The molecule has 4 rings (SSSR count). The zero-order chi connectivity index (χ0) is 21.3. The monoisotopic (exact) mass is 424 g/mol. The number of carbonyl (C=O) groups is 1. The molecule has 1 heterocycles. The lowest BCUT2D eigenvalue weighted by Crippen LogP contribution is -2.41. The van der Waals surface area contributed by atoms with Crippen molar-refractivity contribution in [2.45, 2.75) is 11.8 Å². The molecule has 3 aromatic rings. The fourth-order valence-electron chi connectivity index (χ4n) is 3.74. The van der Waals surface area contributed by atoms with Gasteiger partial charge in [0, 0.05) is 31.1 Å². The van der Waals surface area contributed by atoms with Gasteiger partial charge < -0.3 is 9.64 Å². The van der Waals surface area contributed by atoms with Crippen molar-refractivity contribution in [1.82, 2.24) is 4.31 Å². The van der Waals surface area contributed by atoms with Crippen molar-refractivity contribution in [2.75, 3.05) is 38.3 Å². The molecule has 0 saturated carbocycles. The summed E-state index contributed by atoms with van der Waals surface area (Å²) in [7, 11) is -1.98. The Morgan fingerprint density at radius 1 is 1.00 bits per heavy atom. The molecule has 3 aromatic carbocycles. The number of rotatable bonds is 4. The second kappa shape index (κ2) is 8.18. The summed E-state index contributed by atoms with van der Waals surface area (Å²) in [6.07, 6.45) is 0. The van der Waals surface area contributed by atoms with E-state index >= 15 is 0 Å². The molecule has 1 saturated heterocycles. The molecule has 7 heteroatoms. The summed E-state index contributed by atoms with van der Waals surface area (Å²) in [6.45, 7) is 3.13. The van der Waals surface area contributed by atoms with Crippen molar-refractivity contribution in [1.29, 1.82) is 0 Å². The number of fused-ring (bicyclic) bond motifs is 1. The second-order valence-corrected chi connectivity index (χ2v) is 9.27. The van der Waals surface area contributed by atoms with Crippen molar-refractivity contribution >= 4 is 32.4 Å². The van der Waals surface area contributed by atoms with Gasteiger partial charge in [-0.3, -0.25) is 4.79 Å². The lowest BCUT2D eigenvalue weighted by atomic mass is 10.1. The largest absolute Gasteiger partial charge is 0.379 e. The van der Waals surface area contributed by atoms with Crippen LogP contribution in [0.2, 0.25) is 0 Å². The summed E-state index contributed by atoms with van der Waals surface area (Å²) >= 11 is 0. The van der Waals surface area contributed by atoms with Gasteiger partial charge in [0.1, 0.15) is 0 Å². The number of sulfonamides is 1. The van der Waals surface area contributed by atoms with Crippen LogP contribution in [0, 0.1) is 6.92 Å². The highest BCUT2D eigenvalue weighted by atomic mass is 32.2. The van der Waals surface area contributed by atoms with Crippen LogP contribution in [0.4, 0.5) is 5.69 Å². The molecule has 0 bridgehead atoms. The SMILES string of the molecule is Cc1ccc(C(=O)N(C)c2cccc3ccccc23)cc1S(=O)(=O)N1CCOCC1. The Balaban J connectivity index is 1.70. The molecular formula is C23H24N2O4S. The maximum absolute atomic E-state index is 13.3. The number of benzene rings is 3. The van der Waals surface area contributed by atoms with Gasteiger partial charge in [-0.2, -0.15) is 4.31 Å². The van der Waals surface area contributed by atoms with E-state index in [-0.39, 0.29) is 10.8 Å². The van der Waals surface area contributed by atoms with E-state index in [0.29, 0.717) is 37.4 Å². The van der Waals surface area contributed by atoms with E-state index in [9.17, 15) is 13.2 Å². The van der Waals surface area contributed by atoms with Gasteiger partial charge in [0.05, 0.1) is 23.8 Å². The topological polar surface area (TPSA) is 66.9 Å². The van der Waals surface area contributed by atoms with E-state index in [1.54, 1.807) is 31.0 Å². The molecule has 0 N–H and O–H groups in total. The first-order valence-electron chi connectivity index (χ1n) is 9.84. The van der Waals surface area contributed by atoms with E-state index in [1.807, 2.05) is 42.5 Å². The first-order valence-corrected chi connectivity index (χ1v) is 11.3. The zero-order valence-corrected chi connectivity index (χ0v) is 17.9. The van der Waals surface area contributed by atoms with Gasteiger partial charge in [0.25, 0.3) is 5.91 Å². The molecule has 1 aliphatic rings. The predicted octanol–water partition coefficient (Wildman–Crippen LogP) is 3.45. The van der Waals surface area contributed by atoms with Crippen LogP contribution in [0.25, 0.3) is 10.8 Å². The smallest absolute Gasteiger partial charge is 0.258 e. The highest BCUT2D eigenvalue weighted by Gasteiger charge is 2.29. The lowest BCUT2D eigenvalue weighted by Gasteiger charge is -2.27. The molecule has 1 fully saturated rings. The molecule has 0 aliphatic carbocycles. The summed E-state index contributed by atoms with van der Waals surface area (Å²) in [5.41, 5.74) is 1.73. The minimum absolute atomic E-state index is 0.168. The highest BCUT2D eigenvalue weighted by molar-refractivity contribution is 7.89. The number of aryl methyl sites for hydroxylation is 1. The fraction of sp³-hybridized carbons (Fsp3) is 0.261. The standard InChI is InChI=1S/C23H24N2O4S/c1-17-10-11-19(16-22(17)30(27,28)25-12-14-29-15-13-25)23(26)24(2)21-9-5-7-18-6-3-4-8-20(18)21/h3-11,16H,12-15H2,1-2H3. The summed E-state index contributed by atoms with van der Waals surface area (Å²) in [6, 6.07) is 18.5. The van der Waals surface area contributed by atoms with E-state index < -0.39 is 10.0 Å². The number of hydrogen-bond donors (Lipinski definition) is 0. The average Bonchev–Trinajstić information content (AvgIpc) is 2.78. The number of hydrogen-bond acceptors (Lipinski definition) is 4. The maximum atomic E-state index is 13.3. The number of ether oxygens (including phenoxy) is 1. The maximum Gasteiger partial charge on any atom is 0.258 e. The Morgan fingerprint density at radius 3 is 2.47 bits per heavy atom. The van der Waals surface area contributed by atoms with Crippen LogP contribution in [-0.2, 0) is 14.8 Å². The average molecular weight is 425 g/mol. The van der Waals surface area contributed by atoms with Crippen molar-refractivity contribution in [3.63, 3.8) is 0 Å². The van der Waals surface area contributed by atoms with Gasteiger partial charge in [-0.15, -0.1) is 0 Å². The molecule has 1 amide bonds. The number of morpholine rings is 1. The van der Waals surface area contributed by atoms with Gasteiger partial charge in [-0.25, -0.2) is 8.42 Å². The first kappa shape index (κ1) is 20.5.